The number of aldehydes is 1. The second kappa shape index (κ2) is 4.77. The first-order chi connectivity index (χ1) is 10.0. The van der Waals surface area contributed by atoms with Crippen molar-refractivity contribution in [3.05, 3.63) is 60.0 Å². The first-order valence-corrected chi connectivity index (χ1v) is 6.41. The number of nitrogens with zero attached hydrogens (tertiary/aromatic N) is 2. The molecule has 0 aliphatic rings. The van der Waals surface area contributed by atoms with Gasteiger partial charge in [-0.25, -0.2) is 13.5 Å². The molecule has 2 aromatic carbocycles. The molecule has 1 atom stereocenters. The van der Waals surface area contributed by atoms with E-state index in [1.54, 1.807) is 41.2 Å². The average molecular weight is 286 g/mol. The standard InChI is InChI=1S/C16H12F2N2O/c1-16(18,10-21)12-2-7-15-11(8-12)9-19-20(15)14-5-3-13(17)4-6-14/h2-10H,1H3. The van der Waals surface area contributed by atoms with Crippen molar-refractivity contribution < 1.29 is 13.6 Å². The van der Waals surface area contributed by atoms with Gasteiger partial charge in [0, 0.05) is 5.39 Å². The Morgan fingerprint density at radius 1 is 1.19 bits per heavy atom. The van der Waals surface area contributed by atoms with Crippen LogP contribution in [0, 0.1) is 5.82 Å². The van der Waals surface area contributed by atoms with Gasteiger partial charge in [-0.2, -0.15) is 5.10 Å². The molecular weight excluding hydrogens is 274 g/mol. The molecule has 3 rings (SSSR count). The first kappa shape index (κ1) is 13.4. The number of hydrogen-bond acceptors (Lipinski definition) is 2. The average Bonchev–Trinajstić information content (AvgIpc) is 2.91. The number of carbonyl (C=O) groups is 1. The van der Waals surface area contributed by atoms with Gasteiger partial charge in [-0.3, -0.25) is 4.79 Å². The summed E-state index contributed by atoms with van der Waals surface area (Å²) in [7, 11) is 0. The molecule has 5 heteroatoms. The fourth-order valence-electron chi connectivity index (χ4n) is 2.19. The molecule has 106 valence electrons. The van der Waals surface area contributed by atoms with Gasteiger partial charge in [-0.15, -0.1) is 0 Å². The lowest BCUT2D eigenvalue weighted by atomic mass is 9.98. The van der Waals surface area contributed by atoms with E-state index >= 15 is 0 Å². The third kappa shape index (κ3) is 2.31. The molecule has 0 fully saturated rings. The zero-order valence-corrected chi connectivity index (χ0v) is 11.3. The summed E-state index contributed by atoms with van der Waals surface area (Å²) in [6.45, 7) is 1.21. The Hall–Kier alpha value is -2.56. The van der Waals surface area contributed by atoms with E-state index < -0.39 is 5.67 Å². The molecule has 3 aromatic rings. The van der Waals surface area contributed by atoms with Crippen molar-refractivity contribution in [2.75, 3.05) is 0 Å². The van der Waals surface area contributed by atoms with Crippen LogP contribution in [0.15, 0.2) is 48.7 Å². The van der Waals surface area contributed by atoms with Gasteiger partial charge in [-0.05, 0) is 48.9 Å². The zero-order valence-electron chi connectivity index (χ0n) is 11.3. The maximum absolute atomic E-state index is 14.0. The Bertz CT molecular complexity index is 807. The van der Waals surface area contributed by atoms with Crippen molar-refractivity contribution in [1.29, 1.82) is 0 Å². The maximum atomic E-state index is 14.0. The molecule has 21 heavy (non-hydrogen) atoms. The lowest BCUT2D eigenvalue weighted by Crippen LogP contribution is -2.16. The molecule has 0 aliphatic heterocycles. The smallest absolute Gasteiger partial charge is 0.188 e. The summed E-state index contributed by atoms with van der Waals surface area (Å²) in [5.74, 6) is -0.323. The summed E-state index contributed by atoms with van der Waals surface area (Å²) in [6, 6.07) is 10.8. The van der Waals surface area contributed by atoms with Crippen molar-refractivity contribution in [3.63, 3.8) is 0 Å². The SMILES string of the molecule is CC(F)(C=O)c1ccc2c(cnn2-c2ccc(F)cc2)c1. The molecule has 0 radical (unpaired) electrons. The quantitative estimate of drug-likeness (QED) is 0.690. The Balaban J connectivity index is 2.12. The second-order valence-electron chi connectivity index (χ2n) is 5.00. The van der Waals surface area contributed by atoms with Crippen LogP contribution >= 0.6 is 0 Å². The number of fused-ring (bicyclic) bond motifs is 1. The van der Waals surface area contributed by atoms with E-state index in [1.165, 1.54) is 19.1 Å². The molecule has 0 aliphatic carbocycles. The van der Waals surface area contributed by atoms with Crippen LogP contribution in [0.4, 0.5) is 8.78 Å². The van der Waals surface area contributed by atoms with Crippen LogP contribution in [0.2, 0.25) is 0 Å². The lowest BCUT2D eigenvalue weighted by molar-refractivity contribution is -0.117. The van der Waals surface area contributed by atoms with Crippen molar-refractivity contribution in [2.45, 2.75) is 12.6 Å². The predicted molar refractivity (Wildman–Crippen MR) is 75.6 cm³/mol. The van der Waals surface area contributed by atoms with E-state index in [0.29, 0.717) is 11.1 Å². The van der Waals surface area contributed by atoms with Crippen molar-refractivity contribution >= 4 is 17.2 Å². The molecule has 0 bridgehead atoms. The summed E-state index contributed by atoms with van der Waals surface area (Å²) in [5.41, 5.74) is -0.278. The summed E-state index contributed by atoms with van der Waals surface area (Å²) >= 11 is 0. The Morgan fingerprint density at radius 3 is 2.57 bits per heavy atom. The van der Waals surface area contributed by atoms with Crippen LogP contribution < -0.4 is 0 Å². The third-order valence-corrected chi connectivity index (χ3v) is 3.42. The second-order valence-corrected chi connectivity index (χ2v) is 5.00. The maximum Gasteiger partial charge on any atom is 0.188 e. The molecule has 0 saturated carbocycles. The van der Waals surface area contributed by atoms with E-state index in [9.17, 15) is 13.6 Å². The highest BCUT2D eigenvalue weighted by molar-refractivity contribution is 5.82. The van der Waals surface area contributed by atoms with Gasteiger partial charge in [0.05, 0.1) is 17.4 Å². The van der Waals surface area contributed by atoms with Crippen LogP contribution in [0.5, 0.6) is 0 Å². The normalized spacial score (nSPS) is 14.0. The summed E-state index contributed by atoms with van der Waals surface area (Å²) < 4.78 is 28.6. The Kier molecular flexibility index (Phi) is 3.05. The summed E-state index contributed by atoms with van der Waals surface area (Å²) in [5, 5.41) is 4.94. The number of hydrogen-bond donors (Lipinski definition) is 0. The van der Waals surface area contributed by atoms with E-state index in [4.69, 9.17) is 0 Å². The molecular formula is C16H12F2N2O. The molecule has 1 heterocycles. The molecule has 1 aromatic heterocycles. The number of rotatable bonds is 3. The number of carbonyl (C=O) groups excluding carboxylic acids is 1. The number of aromatic nitrogens is 2. The van der Waals surface area contributed by atoms with Crippen LogP contribution in [-0.4, -0.2) is 16.1 Å². The first-order valence-electron chi connectivity index (χ1n) is 6.41. The zero-order chi connectivity index (χ0) is 15.0. The number of benzene rings is 2. The van der Waals surface area contributed by atoms with Crippen molar-refractivity contribution in [1.82, 2.24) is 9.78 Å². The lowest BCUT2D eigenvalue weighted by Gasteiger charge is -2.13. The molecule has 3 nitrogen and oxygen atoms in total. The van der Waals surface area contributed by atoms with Gasteiger partial charge in [0.15, 0.2) is 12.0 Å². The minimum Gasteiger partial charge on any atom is -0.299 e. The fraction of sp³-hybridized carbons (Fsp3) is 0.125. The van der Waals surface area contributed by atoms with E-state index in [-0.39, 0.29) is 17.7 Å². The minimum absolute atomic E-state index is 0.276. The molecule has 0 saturated heterocycles. The number of alkyl halides is 1. The summed E-state index contributed by atoms with van der Waals surface area (Å²) in [6.07, 6.45) is 1.86. The van der Waals surface area contributed by atoms with Gasteiger partial charge < -0.3 is 0 Å². The van der Waals surface area contributed by atoms with E-state index in [0.717, 1.165) is 5.52 Å². The van der Waals surface area contributed by atoms with Crippen LogP contribution in [0.1, 0.15) is 12.5 Å². The van der Waals surface area contributed by atoms with Crippen LogP contribution in [0.25, 0.3) is 16.6 Å². The van der Waals surface area contributed by atoms with Crippen molar-refractivity contribution in [2.24, 2.45) is 0 Å². The van der Waals surface area contributed by atoms with E-state index in [2.05, 4.69) is 5.10 Å². The van der Waals surface area contributed by atoms with E-state index in [1.807, 2.05) is 0 Å². The molecule has 0 amide bonds. The van der Waals surface area contributed by atoms with Gasteiger partial charge >= 0.3 is 0 Å². The van der Waals surface area contributed by atoms with Crippen molar-refractivity contribution in [3.8, 4) is 5.69 Å². The molecule has 0 N–H and O–H groups in total. The third-order valence-electron chi connectivity index (χ3n) is 3.42. The van der Waals surface area contributed by atoms with Gasteiger partial charge in [0.2, 0.25) is 0 Å². The summed E-state index contributed by atoms with van der Waals surface area (Å²) in [4.78, 5) is 10.8. The largest absolute Gasteiger partial charge is 0.299 e. The minimum atomic E-state index is -2.02. The number of halogens is 2. The monoisotopic (exact) mass is 286 g/mol. The topological polar surface area (TPSA) is 34.9 Å². The predicted octanol–water partition coefficient (Wildman–Crippen LogP) is 3.55. The highest BCUT2D eigenvalue weighted by atomic mass is 19.1. The van der Waals surface area contributed by atoms with Gasteiger partial charge in [0.25, 0.3) is 0 Å². The van der Waals surface area contributed by atoms with Gasteiger partial charge in [0.1, 0.15) is 5.82 Å². The highest BCUT2D eigenvalue weighted by Gasteiger charge is 2.25. The fourth-order valence-corrected chi connectivity index (χ4v) is 2.19. The van der Waals surface area contributed by atoms with Gasteiger partial charge in [-0.1, -0.05) is 6.07 Å². The van der Waals surface area contributed by atoms with Crippen LogP contribution in [-0.2, 0) is 10.5 Å². The Labute approximate surface area is 119 Å². The molecule has 1 unspecified atom stereocenters. The Morgan fingerprint density at radius 2 is 1.90 bits per heavy atom. The van der Waals surface area contributed by atoms with Crippen LogP contribution in [0.3, 0.4) is 0 Å². The highest BCUT2D eigenvalue weighted by Crippen LogP contribution is 2.27. The molecule has 0 spiro atoms.